The monoisotopic (exact) mass is 394 g/mol. The average Bonchev–Trinajstić information content (AvgIpc) is 2.69. The Labute approximate surface area is 170 Å². The Balaban J connectivity index is 1.92. The predicted octanol–water partition coefficient (Wildman–Crippen LogP) is 3.42. The highest BCUT2D eigenvalue weighted by molar-refractivity contribution is 6.07. The van der Waals surface area contributed by atoms with Crippen LogP contribution in [0.15, 0.2) is 59.8 Å². The molecular weight excluding hydrogens is 368 g/mol. The Morgan fingerprint density at radius 2 is 1.83 bits per heavy atom. The van der Waals surface area contributed by atoms with Gasteiger partial charge >= 0.3 is 6.03 Å². The number of carbonyl (C=O) groups excluding carboxylic acids is 2. The number of nitrogens with one attached hydrogen (secondary N) is 3. The van der Waals surface area contributed by atoms with E-state index >= 15 is 0 Å². The normalized spacial score (nSPS) is 16.0. The van der Waals surface area contributed by atoms with Gasteiger partial charge in [-0.3, -0.25) is 4.79 Å². The molecular formula is C22H26N4O3. The minimum atomic E-state index is -0.556. The van der Waals surface area contributed by atoms with Crippen LogP contribution in [0.25, 0.3) is 0 Å². The van der Waals surface area contributed by atoms with Crippen LogP contribution in [0.2, 0.25) is 0 Å². The molecule has 0 aliphatic carbocycles. The number of anilines is 2. The largest absolute Gasteiger partial charge is 0.492 e. The smallest absolute Gasteiger partial charge is 0.319 e. The first-order valence-corrected chi connectivity index (χ1v) is 9.49. The predicted molar refractivity (Wildman–Crippen MR) is 114 cm³/mol. The van der Waals surface area contributed by atoms with Crippen LogP contribution in [0.4, 0.5) is 16.2 Å². The topological polar surface area (TPSA) is 82.7 Å². The van der Waals surface area contributed by atoms with Gasteiger partial charge in [-0.2, -0.15) is 0 Å². The number of allylic oxidation sites excluding steroid dienone is 1. The molecule has 152 valence electrons. The van der Waals surface area contributed by atoms with E-state index in [0.717, 1.165) is 11.3 Å². The Morgan fingerprint density at radius 3 is 2.48 bits per heavy atom. The molecule has 1 atom stereocenters. The summed E-state index contributed by atoms with van der Waals surface area (Å²) in [4.78, 5) is 27.2. The highest BCUT2D eigenvalue weighted by atomic mass is 16.5. The van der Waals surface area contributed by atoms with Crippen molar-refractivity contribution in [3.63, 3.8) is 0 Å². The number of nitrogens with zero attached hydrogens (tertiary/aromatic N) is 1. The van der Waals surface area contributed by atoms with Gasteiger partial charge in [0, 0.05) is 25.5 Å². The van der Waals surface area contributed by atoms with Gasteiger partial charge in [0.05, 0.1) is 23.9 Å². The third-order valence-electron chi connectivity index (χ3n) is 4.69. The van der Waals surface area contributed by atoms with Gasteiger partial charge in [-0.1, -0.05) is 24.3 Å². The van der Waals surface area contributed by atoms with Crippen molar-refractivity contribution < 1.29 is 14.3 Å². The molecule has 3 rings (SSSR count). The molecule has 7 nitrogen and oxygen atoms in total. The summed E-state index contributed by atoms with van der Waals surface area (Å²) in [6.45, 7) is 4.11. The van der Waals surface area contributed by atoms with E-state index in [-0.39, 0.29) is 11.9 Å². The number of rotatable bonds is 6. The molecule has 0 unspecified atom stereocenters. The number of amides is 3. The molecule has 7 heteroatoms. The Morgan fingerprint density at radius 1 is 1.14 bits per heavy atom. The molecule has 1 aliphatic heterocycles. The second kappa shape index (κ2) is 8.68. The lowest BCUT2D eigenvalue weighted by atomic mass is 9.94. The molecule has 0 saturated heterocycles. The van der Waals surface area contributed by atoms with Crippen molar-refractivity contribution in [1.82, 2.24) is 10.6 Å². The van der Waals surface area contributed by atoms with Crippen LogP contribution in [0, 0.1) is 0 Å². The van der Waals surface area contributed by atoms with Crippen LogP contribution in [0.1, 0.15) is 25.5 Å². The standard InChI is InChI=1S/C22H26N4O3/c1-5-29-18-9-7-6-8-17(18)24-21(27)19-14(2)23-22(28)25-20(19)15-10-12-16(13-11-15)26(3)4/h6-13,20H,5H2,1-4H3,(H,24,27)(H2,23,25,28)/t20-/m1/s1. The van der Waals surface area contributed by atoms with Crippen LogP contribution in [-0.4, -0.2) is 32.6 Å². The first kappa shape index (κ1) is 20.3. The van der Waals surface area contributed by atoms with Crippen molar-refractivity contribution in [3.05, 3.63) is 65.4 Å². The quantitative estimate of drug-likeness (QED) is 0.701. The van der Waals surface area contributed by atoms with E-state index in [0.29, 0.717) is 29.3 Å². The molecule has 0 spiro atoms. The first-order chi connectivity index (χ1) is 13.9. The second-order valence-corrected chi connectivity index (χ2v) is 6.94. The molecule has 3 amide bonds. The van der Waals surface area contributed by atoms with E-state index < -0.39 is 6.04 Å². The minimum absolute atomic E-state index is 0.302. The summed E-state index contributed by atoms with van der Waals surface area (Å²) in [7, 11) is 3.92. The Kier molecular flexibility index (Phi) is 6.07. The molecule has 0 saturated carbocycles. The van der Waals surface area contributed by atoms with Gasteiger partial charge in [0.25, 0.3) is 5.91 Å². The highest BCUT2D eigenvalue weighted by Gasteiger charge is 2.31. The van der Waals surface area contributed by atoms with E-state index in [9.17, 15) is 9.59 Å². The third kappa shape index (κ3) is 4.51. The van der Waals surface area contributed by atoms with Crippen LogP contribution < -0.4 is 25.6 Å². The molecule has 1 aliphatic rings. The molecule has 29 heavy (non-hydrogen) atoms. The lowest BCUT2D eigenvalue weighted by Crippen LogP contribution is -2.46. The summed E-state index contributed by atoms with van der Waals surface area (Å²) in [6.07, 6.45) is 0. The van der Waals surface area contributed by atoms with Crippen molar-refractivity contribution >= 4 is 23.3 Å². The number of hydrogen-bond donors (Lipinski definition) is 3. The number of hydrogen-bond acceptors (Lipinski definition) is 4. The van der Waals surface area contributed by atoms with Gasteiger partial charge in [-0.25, -0.2) is 4.79 Å². The molecule has 0 radical (unpaired) electrons. The molecule has 0 fully saturated rings. The van der Waals surface area contributed by atoms with Crippen molar-refractivity contribution in [2.45, 2.75) is 19.9 Å². The summed E-state index contributed by atoms with van der Waals surface area (Å²) in [5.74, 6) is 0.296. The van der Waals surface area contributed by atoms with Crippen LogP contribution >= 0.6 is 0 Å². The first-order valence-electron chi connectivity index (χ1n) is 9.49. The second-order valence-electron chi connectivity index (χ2n) is 6.94. The molecule has 3 N–H and O–H groups in total. The summed E-state index contributed by atoms with van der Waals surface area (Å²) >= 11 is 0. The van der Waals surface area contributed by atoms with Crippen LogP contribution in [0.5, 0.6) is 5.75 Å². The average molecular weight is 394 g/mol. The van der Waals surface area contributed by atoms with Gasteiger partial charge in [-0.05, 0) is 43.7 Å². The van der Waals surface area contributed by atoms with Gasteiger partial charge in [0.1, 0.15) is 5.75 Å². The zero-order valence-electron chi connectivity index (χ0n) is 17.1. The van der Waals surface area contributed by atoms with E-state index in [1.165, 1.54) is 0 Å². The highest BCUT2D eigenvalue weighted by Crippen LogP contribution is 2.30. The van der Waals surface area contributed by atoms with Gasteiger partial charge in [-0.15, -0.1) is 0 Å². The van der Waals surface area contributed by atoms with Crippen LogP contribution in [0.3, 0.4) is 0 Å². The zero-order valence-corrected chi connectivity index (χ0v) is 17.1. The lowest BCUT2D eigenvalue weighted by molar-refractivity contribution is -0.113. The number of ether oxygens (including phenoxy) is 1. The van der Waals surface area contributed by atoms with Gasteiger partial charge in [0.2, 0.25) is 0 Å². The summed E-state index contributed by atoms with van der Waals surface area (Å²) in [6, 6.07) is 14.1. The van der Waals surface area contributed by atoms with Crippen molar-refractivity contribution in [2.75, 3.05) is 30.9 Å². The number of para-hydroxylation sites is 2. The number of urea groups is 1. The van der Waals surface area contributed by atoms with Crippen molar-refractivity contribution in [3.8, 4) is 5.75 Å². The molecule has 0 aromatic heterocycles. The van der Waals surface area contributed by atoms with Gasteiger partial charge < -0.3 is 25.6 Å². The van der Waals surface area contributed by atoms with E-state index in [2.05, 4.69) is 16.0 Å². The maximum atomic E-state index is 13.2. The van der Waals surface area contributed by atoms with E-state index in [4.69, 9.17) is 4.74 Å². The Bertz CT molecular complexity index is 935. The number of benzene rings is 2. The summed E-state index contributed by atoms with van der Waals surface area (Å²) in [5.41, 5.74) is 3.41. The maximum Gasteiger partial charge on any atom is 0.319 e. The van der Waals surface area contributed by atoms with Crippen molar-refractivity contribution in [2.24, 2.45) is 0 Å². The van der Waals surface area contributed by atoms with E-state index in [1.807, 2.05) is 62.3 Å². The number of carbonyl (C=O) groups is 2. The molecule has 0 bridgehead atoms. The SMILES string of the molecule is CCOc1ccccc1NC(=O)C1=C(C)NC(=O)N[C@@H]1c1ccc(N(C)C)cc1. The molecule has 2 aromatic rings. The third-order valence-corrected chi connectivity index (χ3v) is 4.69. The van der Waals surface area contributed by atoms with E-state index in [1.54, 1.807) is 19.1 Å². The fourth-order valence-electron chi connectivity index (χ4n) is 3.25. The summed E-state index contributed by atoms with van der Waals surface area (Å²) < 4.78 is 5.60. The lowest BCUT2D eigenvalue weighted by Gasteiger charge is -2.29. The van der Waals surface area contributed by atoms with Crippen molar-refractivity contribution in [1.29, 1.82) is 0 Å². The molecule has 2 aromatic carbocycles. The minimum Gasteiger partial charge on any atom is -0.492 e. The summed E-state index contributed by atoms with van der Waals surface area (Å²) in [5, 5.41) is 8.47. The fraction of sp³-hybridized carbons (Fsp3) is 0.273. The maximum absolute atomic E-state index is 13.2. The fourth-order valence-corrected chi connectivity index (χ4v) is 3.25. The Hall–Kier alpha value is -3.48. The van der Waals surface area contributed by atoms with Gasteiger partial charge in [0.15, 0.2) is 0 Å². The van der Waals surface area contributed by atoms with Crippen LogP contribution in [-0.2, 0) is 4.79 Å². The molecule has 1 heterocycles. The zero-order chi connectivity index (χ0) is 21.0.